The molecule has 37 heavy (non-hydrogen) atoms. The molecule has 0 bridgehead atoms. The lowest BCUT2D eigenvalue weighted by atomic mass is 10.1. The van der Waals surface area contributed by atoms with Crippen molar-refractivity contribution < 1.29 is 55.6 Å². The fraction of sp³-hybridized carbons (Fsp3) is 0.500. The van der Waals surface area contributed by atoms with Crippen LogP contribution < -0.4 is 0 Å². The largest absolute Gasteiger partial charge is 0.490 e. The van der Waals surface area contributed by atoms with Gasteiger partial charge in [0, 0.05) is 31.5 Å². The van der Waals surface area contributed by atoms with Gasteiger partial charge in [0.05, 0.1) is 25.4 Å². The van der Waals surface area contributed by atoms with E-state index in [1.165, 1.54) is 5.56 Å². The van der Waals surface area contributed by atoms with E-state index in [2.05, 4.69) is 32.8 Å². The molecule has 8 nitrogen and oxygen atoms in total. The van der Waals surface area contributed by atoms with Crippen LogP contribution in [0.15, 0.2) is 41.4 Å². The zero-order valence-electron chi connectivity index (χ0n) is 19.1. The molecule has 0 spiro atoms. The van der Waals surface area contributed by atoms with E-state index < -0.39 is 24.3 Å². The summed E-state index contributed by atoms with van der Waals surface area (Å²) in [5.74, 6) is -5.51. The van der Waals surface area contributed by atoms with Crippen LogP contribution in [0.3, 0.4) is 0 Å². The van der Waals surface area contributed by atoms with Crippen molar-refractivity contribution in [2.24, 2.45) is 0 Å². The Labute approximate surface area is 211 Å². The van der Waals surface area contributed by atoms with Crippen LogP contribution in [0, 0.1) is 0 Å². The molecule has 2 aromatic rings. The first-order valence-electron chi connectivity index (χ1n) is 10.8. The number of nitrogens with zero attached hydrogens (tertiary/aromatic N) is 2. The topological polar surface area (TPSA) is 109 Å². The second kappa shape index (κ2) is 13.7. The van der Waals surface area contributed by atoms with E-state index in [1.807, 2.05) is 12.3 Å². The highest BCUT2D eigenvalue weighted by atomic mass is 32.1. The molecule has 0 unspecified atom stereocenters. The van der Waals surface area contributed by atoms with Crippen molar-refractivity contribution in [1.82, 2.24) is 9.88 Å². The molecule has 0 radical (unpaired) electrons. The van der Waals surface area contributed by atoms with Crippen LogP contribution in [0.2, 0.25) is 0 Å². The summed E-state index contributed by atoms with van der Waals surface area (Å²) in [7, 11) is 0. The number of aromatic nitrogens is 1. The third-order valence-electron chi connectivity index (χ3n) is 5.29. The molecule has 2 aromatic heterocycles. The second-order valence-electron chi connectivity index (χ2n) is 7.90. The highest BCUT2D eigenvalue weighted by Crippen LogP contribution is 2.33. The Balaban J connectivity index is 0.000000286. The molecular formula is C22H24F6N2O6S. The number of rotatable bonds is 5. The number of fused-ring (bicyclic) bond motifs is 1. The number of hydrogen-bond donors (Lipinski definition) is 2. The number of thiophene rings is 1. The van der Waals surface area contributed by atoms with Crippen molar-refractivity contribution in [3.05, 3.63) is 52.5 Å². The Kier molecular flexibility index (Phi) is 11.3. The summed E-state index contributed by atoms with van der Waals surface area (Å²) in [6, 6.07) is 6.72. The minimum absolute atomic E-state index is 0.200. The van der Waals surface area contributed by atoms with Gasteiger partial charge in [-0.05, 0) is 46.9 Å². The Morgan fingerprint density at radius 2 is 1.73 bits per heavy atom. The number of carboxylic acid groups (broad SMARTS) is 2. The monoisotopic (exact) mass is 558 g/mol. The molecule has 15 heteroatoms. The predicted octanol–water partition coefficient (Wildman–Crippen LogP) is 4.36. The maximum absolute atomic E-state index is 10.6. The van der Waals surface area contributed by atoms with E-state index in [-0.39, 0.29) is 12.2 Å². The summed E-state index contributed by atoms with van der Waals surface area (Å²) in [6.07, 6.45) is -3.86. The molecule has 3 heterocycles. The average molecular weight is 558 g/mol. The molecule has 0 amide bonds. The van der Waals surface area contributed by atoms with Crippen LogP contribution >= 0.6 is 11.3 Å². The minimum atomic E-state index is -5.08. The molecule has 1 aliphatic heterocycles. The SMILES string of the molecule is O=C(O)C(F)(F)F.O=C(O)C(F)(F)F.c1cncc(CO[C@H]2CC[C@H]3[C@H]2OCCN3Cc2ccsc2)c1. The van der Waals surface area contributed by atoms with Crippen LogP contribution in [-0.4, -0.2) is 75.8 Å². The lowest BCUT2D eigenvalue weighted by molar-refractivity contribution is -0.193. The highest BCUT2D eigenvalue weighted by molar-refractivity contribution is 7.07. The Morgan fingerprint density at radius 1 is 1.08 bits per heavy atom. The summed E-state index contributed by atoms with van der Waals surface area (Å²) >= 11 is 1.77. The van der Waals surface area contributed by atoms with Gasteiger partial charge in [-0.15, -0.1) is 0 Å². The van der Waals surface area contributed by atoms with E-state index >= 15 is 0 Å². The van der Waals surface area contributed by atoms with E-state index in [4.69, 9.17) is 29.3 Å². The lowest BCUT2D eigenvalue weighted by Gasteiger charge is -2.39. The van der Waals surface area contributed by atoms with Gasteiger partial charge in [0.25, 0.3) is 0 Å². The Hall–Kier alpha value is -2.75. The summed E-state index contributed by atoms with van der Waals surface area (Å²) < 4.78 is 75.7. The predicted molar refractivity (Wildman–Crippen MR) is 118 cm³/mol. The van der Waals surface area contributed by atoms with Crippen molar-refractivity contribution in [2.45, 2.75) is 56.6 Å². The number of hydrogen-bond acceptors (Lipinski definition) is 7. The van der Waals surface area contributed by atoms with Crippen molar-refractivity contribution in [3.8, 4) is 0 Å². The molecular weight excluding hydrogens is 534 g/mol. The maximum Gasteiger partial charge on any atom is 0.490 e. The number of morpholine rings is 1. The normalized spacial score (nSPS) is 21.6. The summed E-state index contributed by atoms with van der Waals surface area (Å²) in [5.41, 5.74) is 2.54. The molecule has 2 aliphatic rings. The molecule has 2 fully saturated rings. The van der Waals surface area contributed by atoms with Gasteiger partial charge in [0.2, 0.25) is 0 Å². The first kappa shape index (κ1) is 30.5. The van der Waals surface area contributed by atoms with Crippen LogP contribution in [0.25, 0.3) is 0 Å². The molecule has 0 aromatic carbocycles. The summed E-state index contributed by atoms with van der Waals surface area (Å²) in [4.78, 5) is 24.5. The van der Waals surface area contributed by atoms with E-state index in [1.54, 1.807) is 17.5 Å². The van der Waals surface area contributed by atoms with Crippen molar-refractivity contribution in [1.29, 1.82) is 0 Å². The van der Waals surface area contributed by atoms with Gasteiger partial charge in [0.1, 0.15) is 0 Å². The quantitative estimate of drug-likeness (QED) is 0.522. The van der Waals surface area contributed by atoms with E-state index in [0.717, 1.165) is 38.1 Å². The zero-order chi connectivity index (χ0) is 27.6. The van der Waals surface area contributed by atoms with Crippen molar-refractivity contribution >= 4 is 23.3 Å². The molecule has 1 aliphatic carbocycles. The standard InChI is InChI=1S/C18H22N2O2S.2C2HF3O2/c1-2-14(10-19-6-1)12-22-17-4-3-16-18(17)21-8-7-20(16)11-15-5-9-23-13-15;2*3-2(4,5)1(6)7/h1-2,5-6,9-10,13,16-18H,3-4,7-8,11-12H2;2*(H,6,7)/t16-,17-,18+;;/m0../s1. The molecule has 1 saturated heterocycles. The van der Waals surface area contributed by atoms with Gasteiger partial charge in [0.15, 0.2) is 0 Å². The number of pyridine rings is 1. The number of halogens is 6. The third-order valence-corrected chi connectivity index (χ3v) is 6.02. The van der Waals surface area contributed by atoms with E-state index in [9.17, 15) is 26.3 Å². The fourth-order valence-corrected chi connectivity index (χ4v) is 4.33. The first-order chi connectivity index (χ1) is 17.3. The summed E-state index contributed by atoms with van der Waals surface area (Å²) in [5, 5.41) is 18.7. The average Bonchev–Trinajstić information content (AvgIpc) is 3.48. The van der Waals surface area contributed by atoms with Gasteiger partial charge in [-0.1, -0.05) is 6.07 Å². The summed E-state index contributed by atoms with van der Waals surface area (Å²) in [6.45, 7) is 3.48. The number of alkyl halides is 6. The molecule has 3 atom stereocenters. The Morgan fingerprint density at radius 3 is 2.24 bits per heavy atom. The minimum Gasteiger partial charge on any atom is -0.475 e. The van der Waals surface area contributed by atoms with Crippen LogP contribution in [0.5, 0.6) is 0 Å². The number of ether oxygens (including phenoxy) is 2. The van der Waals surface area contributed by atoms with Gasteiger partial charge < -0.3 is 19.7 Å². The van der Waals surface area contributed by atoms with Crippen LogP contribution in [-0.2, 0) is 32.2 Å². The number of carbonyl (C=O) groups is 2. The second-order valence-corrected chi connectivity index (χ2v) is 8.68. The van der Waals surface area contributed by atoms with Gasteiger partial charge in [-0.2, -0.15) is 37.7 Å². The van der Waals surface area contributed by atoms with Gasteiger partial charge in [-0.25, -0.2) is 9.59 Å². The van der Waals surface area contributed by atoms with Gasteiger partial charge >= 0.3 is 24.3 Å². The molecule has 206 valence electrons. The molecule has 1 saturated carbocycles. The van der Waals surface area contributed by atoms with Crippen LogP contribution in [0.4, 0.5) is 26.3 Å². The smallest absolute Gasteiger partial charge is 0.475 e. The van der Waals surface area contributed by atoms with Crippen molar-refractivity contribution in [3.63, 3.8) is 0 Å². The highest BCUT2D eigenvalue weighted by Gasteiger charge is 2.43. The Bertz CT molecular complexity index is 950. The lowest BCUT2D eigenvalue weighted by Crippen LogP contribution is -2.51. The van der Waals surface area contributed by atoms with Crippen molar-refractivity contribution in [2.75, 3.05) is 13.2 Å². The zero-order valence-corrected chi connectivity index (χ0v) is 19.9. The first-order valence-corrected chi connectivity index (χ1v) is 11.7. The maximum atomic E-state index is 10.6. The molecule has 2 N–H and O–H groups in total. The van der Waals surface area contributed by atoms with Crippen LogP contribution in [0.1, 0.15) is 24.0 Å². The van der Waals surface area contributed by atoms with E-state index in [0.29, 0.717) is 12.6 Å². The third kappa shape index (κ3) is 10.3. The van der Waals surface area contributed by atoms with Gasteiger partial charge in [-0.3, -0.25) is 9.88 Å². The molecule has 4 rings (SSSR count). The number of carboxylic acids is 2. The number of aliphatic carboxylic acids is 2. The fourth-order valence-electron chi connectivity index (χ4n) is 3.67.